The fraction of sp³-hybridized carbons (Fsp3) is 0.318. The van der Waals surface area contributed by atoms with Crippen molar-refractivity contribution in [3.63, 3.8) is 0 Å². The molecule has 0 amide bonds. The molecule has 2 N–H and O–H groups in total. The van der Waals surface area contributed by atoms with Gasteiger partial charge in [-0.1, -0.05) is 12.1 Å². The number of nitrogens with zero attached hydrogens (tertiary/aromatic N) is 2. The minimum absolute atomic E-state index is 0.267. The summed E-state index contributed by atoms with van der Waals surface area (Å²) in [6.45, 7) is 2.17. The van der Waals surface area contributed by atoms with Gasteiger partial charge in [0.2, 0.25) is 10.0 Å². The van der Waals surface area contributed by atoms with Gasteiger partial charge in [-0.3, -0.25) is 10.3 Å². The zero-order valence-electron chi connectivity index (χ0n) is 17.4. The first-order valence-corrected chi connectivity index (χ1v) is 11.4. The van der Waals surface area contributed by atoms with Crippen LogP contribution in [0.5, 0.6) is 0 Å². The van der Waals surface area contributed by atoms with Crippen molar-refractivity contribution in [2.45, 2.75) is 17.9 Å². The number of hydrogen-bond acceptors (Lipinski definition) is 7. The van der Waals surface area contributed by atoms with E-state index in [1.165, 1.54) is 4.31 Å². The van der Waals surface area contributed by atoms with Gasteiger partial charge < -0.3 is 10.1 Å². The van der Waals surface area contributed by atoms with Crippen LogP contribution in [0.15, 0.2) is 65.2 Å². The Labute approximate surface area is 183 Å². The first-order valence-electron chi connectivity index (χ1n) is 9.92. The van der Waals surface area contributed by atoms with Gasteiger partial charge in [0, 0.05) is 44.5 Å². The monoisotopic (exact) mass is 442 g/mol. The predicted molar refractivity (Wildman–Crippen MR) is 117 cm³/mol. The highest BCUT2D eigenvalue weighted by Crippen LogP contribution is 2.21. The molecule has 2 aromatic rings. The topological polar surface area (TPSA) is 104 Å². The lowest BCUT2D eigenvalue weighted by atomic mass is 10.1. The summed E-state index contributed by atoms with van der Waals surface area (Å²) in [6, 6.07) is 16.0. The van der Waals surface area contributed by atoms with Crippen molar-refractivity contribution in [1.29, 1.82) is 5.26 Å². The van der Waals surface area contributed by atoms with E-state index in [0.717, 1.165) is 16.9 Å². The number of rotatable bonds is 10. The highest BCUT2D eigenvalue weighted by atomic mass is 32.2. The van der Waals surface area contributed by atoms with Crippen molar-refractivity contribution in [2.24, 2.45) is 0 Å². The van der Waals surface area contributed by atoms with Gasteiger partial charge in [-0.25, -0.2) is 8.42 Å². The van der Waals surface area contributed by atoms with Crippen LogP contribution in [0.2, 0.25) is 0 Å². The van der Waals surface area contributed by atoms with Crippen LogP contribution < -0.4 is 10.8 Å². The number of hydrogen-bond donors (Lipinski definition) is 2. The summed E-state index contributed by atoms with van der Waals surface area (Å²) in [6.07, 6.45) is 2.33. The Hall–Kier alpha value is -2.90. The Morgan fingerprint density at radius 3 is 2.68 bits per heavy atom. The first kappa shape index (κ1) is 22.8. The molecule has 164 valence electrons. The van der Waals surface area contributed by atoms with Gasteiger partial charge in [0.15, 0.2) is 0 Å². The van der Waals surface area contributed by atoms with E-state index in [-0.39, 0.29) is 11.4 Å². The highest BCUT2D eigenvalue weighted by molar-refractivity contribution is 7.89. The van der Waals surface area contributed by atoms with E-state index in [1.54, 1.807) is 43.5 Å². The van der Waals surface area contributed by atoms with E-state index in [9.17, 15) is 8.42 Å². The molecule has 0 aliphatic carbocycles. The largest absolute Gasteiger partial charge is 0.383 e. The van der Waals surface area contributed by atoms with Gasteiger partial charge in [0.25, 0.3) is 0 Å². The minimum atomic E-state index is -3.56. The molecule has 0 aromatic heterocycles. The van der Waals surface area contributed by atoms with Gasteiger partial charge in [-0.05, 0) is 48.0 Å². The normalized spacial score (nSPS) is 14.5. The van der Waals surface area contributed by atoms with E-state index in [1.807, 2.05) is 18.2 Å². The molecule has 0 spiro atoms. The molecule has 3 rings (SSSR count). The maximum atomic E-state index is 12.9. The van der Waals surface area contributed by atoms with Crippen molar-refractivity contribution in [1.82, 2.24) is 9.79 Å². The molecule has 8 nitrogen and oxygen atoms in total. The van der Waals surface area contributed by atoms with Gasteiger partial charge in [-0.2, -0.15) is 9.57 Å². The second-order valence-electron chi connectivity index (χ2n) is 6.99. The molecule has 0 radical (unpaired) electrons. The number of sulfonamides is 1. The van der Waals surface area contributed by atoms with E-state index < -0.39 is 10.0 Å². The summed E-state index contributed by atoms with van der Waals surface area (Å²) in [4.78, 5) is 5.77. The molecule has 0 saturated heterocycles. The van der Waals surface area contributed by atoms with Crippen LogP contribution in [0.4, 0.5) is 5.69 Å². The van der Waals surface area contributed by atoms with Crippen LogP contribution in [0, 0.1) is 11.3 Å². The Morgan fingerprint density at radius 1 is 1.19 bits per heavy atom. The maximum absolute atomic E-state index is 12.9. The molecule has 0 fully saturated rings. The van der Waals surface area contributed by atoms with Gasteiger partial charge in [0.1, 0.15) is 0 Å². The average Bonchev–Trinajstić information content (AvgIpc) is 2.80. The van der Waals surface area contributed by atoms with E-state index in [2.05, 4.69) is 16.9 Å². The quantitative estimate of drug-likeness (QED) is 0.431. The van der Waals surface area contributed by atoms with Crippen molar-refractivity contribution < 1.29 is 18.0 Å². The van der Waals surface area contributed by atoms with Gasteiger partial charge >= 0.3 is 0 Å². The average molecular weight is 443 g/mol. The summed E-state index contributed by atoms with van der Waals surface area (Å²) in [7, 11) is -1.93. The van der Waals surface area contributed by atoms with Gasteiger partial charge in [-0.15, -0.1) is 0 Å². The SMILES string of the molecule is COCCNc1ccc(S(=O)(=O)N2CC=C(NOCc3cccc(C#N)c3)CC2)cc1. The predicted octanol–water partition coefficient (Wildman–Crippen LogP) is 2.62. The third-order valence-corrected chi connectivity index (χ3v) is 6.68. The second-order valence-corrected chi connectivity index (χ2v) is 8.93. The summed E-state index contributed by atoms with van der Waals surface area (Å²) in [5, 5.41) is 12.1. The summed E-state index contributed by atoms with van der Waals surface area (Å²) in [5.41, 5.74) is 6.03. The van der Waals surface area contributed by atoms with Crippen LogP contribution in [0.3, 0.4) is 0 Å². The van der Waals surface area contributed by atoms with Crippen molar-refractivity contribution in [2.75, 3.05) is 38.7 Å². The van der Waals surface area contributed by atoms with Crippen molar-refractivity contribution in [3.8, 4) is 6.07 Å². The Balaban J connectivity index is 1.51. The number of methoxy groups -OCH3 is 1. The Kier molecular flexibility index (Phi) is 8.03. The van der Waals surface area contributed by atoms with Crippen LogP contribution >= 0.6 is 0 Å². The maximum Gasteiger partial charge on any atom is 0.243 e. The molecule has 1 aliphatic rings. The summed E-state index contributed by atoms with van der Waals surface area (Å²) >= 11 is 0. The van der Waals surface area contributed by atoms with Crippen LogP contribution in [0.25, 0.3) is 0 Å². The molecule has 31 heavy (non-hydrogen) atoms. The number of ether oxygens (including phenoxy) is 1. The lowest BCUT2D eigenvalue weighted by molar-refractivity contribution is 0.0453. The lowest BCUT2D eigenvalue weighted by Gasteiger charge is -2.26. The number of benzene rings is 2. The molecule has 9 heteroatoms. The number of nitriles is 1. The van der Waals surface area contributed by atoms with Gasteiger partial charge in [0.05, 0.1) is 29.7 Å². The smallest absolute Gasteiger partial charge is 0.243 e. The van der Waals surface area contributed by atoms with Crippen molar-refractivity contribution >= 4 is 15.7 Å². The summed E-state index contributed by atoms with van der Waals surface area (Å²) in [5.74, 6) is 0. The minimum Gasteiger partial charge on any atom is -0.383 e. The number of nitrogens with one attached hydrogen (secondary N) is 2. The first-order chi connectivity index (χ1) is 15.0. The zero-order chi connectivity index (χ0) is 22.1. The number of hydroxylamine groups is 1. The van der Waals surface area contributed by atoms with E-state index in [0.29, 0.717) is 38.3 Å². The third kappa shape index (κ3) is 6.29. The molecule has 0 bridgehead atoms. The van der Waals surface area contributed by atoms with E-state index >= 15 is 0 Å². The zero-order valence-corrected chi connectivity index (χ0v) is 18.2. The molecule has 1 heterocycles. The third-order valence-electron chi connectivity index (χ3n) is 4.80. The fourth-order valence-corrected chi connectivity index (χ4v) is 4.48. The molecule has 1 aliphatic heterocycles. The lowest BCUT2D eigenvalue weighted by Crippen LogP contribution is -2.36. The summed E-state index contributed by atoms with van der Waals surface area (Å²) < 4.78 is 32.2. The molecule has 0 atom stereocenters. The molecule has 2 aromatic carbocycles. The highest BCUT2D eigenvalue weighted by Gasteiger charge is 2.26. The Bertz CT molecular complexity index is 1050. The second kappa shape index (κ2) is 10.9. The molecular formula is C22H26N4O4S. The molecule has 0 unspecified atom stereocenters. The van der Waals surface area contributed by atoms with Crippen LogP contribution in [0.1, 0.15) is 17.5 Å². The van der Waals surface area contributed by atoms with Crippen LogP contribution in [-0.4, -0.2) is 46.1 Å². The van der Waals surface area contributed by atoms with Crippen LogP contribution in [-0.2, 0) is 26.2 Å². The molecule has 0 saturated carbocycles. The Morgan fingerprint density at radius 2 is 2.00 bits per heavy atom. The number of anilines is 1. The molecular weight excluding hydrogens is 416 g/mol. The van der Waals surface area contributed by atoms with E-state index in [4.69, 9.17) is 14.8 Å². The van der Waals surface area contributed by atoms with Crippen molar-refractivity contribution in [3.05, 3.63) is 71.4 Å². The fourth-order valence-electron chi connectivity index (χ4n) is 3.10. The standard InChI is InChI=1S/C22H26N4O4S/c1-29-14-11-24-20-5-7-22(8-6-20)31(27,28)26-12-9-21(10-13-26)25-30-17-19-4-2-3-18(15-19)16-23/h2-9,15,24-25H,10-14,17H2,1H3.